The molecular formula is C29H21OS+. The van der Waals surface area contributed by atoms with Gasteiger partial charge in [-0.05, 0) is 57.8 Å². The molecule has 0 aliphatic carbocycles. The van der Waals surface area contributed by atoms with Crippen molar-refractivity contribution in [1.82, 2.24) is 0 Å². The molecule has 0 saturated heterocycles. The maximum absolute atomic E-state index is 14.4. The molecule has 5 aromatic carbocycles. The summed E-state index contributed by atoms with van der Waals surface area (Å²) < 4.78 is 14.4. The van der Waals surface area contributed by atoms with E-state index in [1.165, 1.54) is 0 Å². The second-order valence-corrected chi connectivity index (χ2v) is 9.84. The summed E-state index contributed by atoms with van der Waals surface area (Å²) in [4.78, 5) is 0.774. The van der Waals surface area contributed by atoms with Crippen molar-refractivity contribution in [3.8, 4) is 11.2 Å². The third-order valence-electron chi connectivity index (χ3n) is 5.49. The van der Waals surface area contributed by atoms with Crippen LogP contribution in [0.15, 0.2) is 120 Å². The molecule has 0 radical (unpaired) electrons. The summed E-state index contributed by atoms with van der Waals surface area (Å²) in [6.07, 6.45) is 0. The van der Waals surface area contributed by atoms with Gasteiger partial charge in [-0.3, -0.25) is 0 Å². The van der Waals surface area contributed by atoms with Gasteiger partial charge in [0.1, 0.15) is 0 Å². The van der Waals surface area contributed by atoms with Crippen molar-refractivity contribution in [3.63, 3.8) is 0 Å². The summed E-state index contributed by atoms with van der Waals surface area (Å²) in [5.74, 6) is 3.55. The standard InChI is InChI=1S/C29H21OS/c30-31(26-15-5-2-6-16-26,20-19-23-11-3-1-4-12-23)22-29-27-17-9-7-13-24(27)21-25-14-8-10-18-28(25)29/h1-18,21H,22H2/q+1. The first-order chi connectivity index (χ1) is 15.2. The molecule has 1 atom stereocenters. The summed E-state index contributed by atoms with van der Waals surface area (Å²) in [6, 6.07) is 38.3. The predicted octanol–water partition coefficient (Wildman–Crippen LogP) is 7.06. The average Bonchev–Trinajstić information content (AvgIpc) is 2.84. The van der Waals surface area contributed by atoms with E-state index in [0.29, 0.717) is 5.75 Å². The molecule has 5 rings (SSSR count). The lowest BCUT2D eigenvalue weighted by Gasteiger charge is -2.12. The van der Waals surface area contributed by atoms with E-state index in [-0.39, 0.29) is 0 Å². The fraction of sp³-hybridized carbons (Fsp3) is 0.0345. The highest BCUT2D eigenvalue weighted by molar-refractivity contribution is 8.06. The van der Waals surface area contributed by atoms with Crippen LogP contribution in [0.3, 0.4) is 0 Å². The first-order valence-electron chi connectivity index (χ1n) is 10.3. The molecule has 0 bridgehead atoms. The normalized spacial score (nSPS) is 12.8. The Kier molecular flexibility index (Phi) is 5.12. The van der Waals surface area contributed by atoms with E-state index in [2.05, 4.69) is 41.5 Å². The van der Waals surface area contributed by atoms with Gasteiger partial charge in [-0.25, -0.2) is 0 Å². The zero-order valence-electron chi connectivity index (χ0n) is 17.0. The van der Waals surface area contributed by atoms with Gasteiger partial charge in [-0.15, -0.1) is 0 Å². The molecule has 0 heterocycles. The van der Waals surface area contributed by atoms with Crippen LogP contribution < -0.4 is 0 Å². The highest BCUT2D eigenvalue weighted by Crippen LogP contribution is 2.33. The Bertz CT molecular complexity index is 1420. The SMILES string of the molecule is O=[S+](C#Cc1ccccc1)(Cc1c2ccccc2cc2ccccc12)c1ccccc1. The van der Waals surface area contributed by atoms with E-state index in [1.54, 1.807) is 0 Å². The van der Waals surface area contributed by atoms with Gasteiger partial charge < -0.3 is 0 Å². The van der Waals surface area contributed by atoms with Gasteiger partial charge in [0.25, 0.3) is 0 Å². The molecule has 0 saturated carbocycles. The van der Waals surface area contributed by atoms with Gasteiger partial charge in [0.05, 0.1) is 0 Å². The number of benzene rings is 5. The molecule has 0 aliphatic rings. The van der Waals surface area contributed by atoms with Crippen molar-refractivity contribution in [2.45, 2.75) is 10.6 Å². The van der Waals surface area contributed by atoms with Crippen molar-refractivity contribution in [2.75, 3.05) is 0 Å². The monoisotopic (exact) mass is 417 g/mol. The van der Waals surface area contributed by atoms with E-state index in [9.17, 15) is 4.21 Å². The fourth-order valence-corrected chi connectivity index (χ4v) is 5.90. The maximum atomic E-state index is 14.4. The van der Waals surface area contributed by atoms with Crippen LogP contribution in [0.2, 0.25) is 0 Å². The summed E-state index contributed by atoms with van der Waals surface area (Å²) in [5.41, 5.74) is 1.96. The van der Waals surface area contributed by atoms with Gasteiger partial charge >= 0.3 is 0 Å². The topological polar surface area (TPSA) is 17.1 Å². The molecule has 31 heavy (non-hydrogen) atoms. The maximum Gasteiger partial charge on any atom is 0.197 e. The quantitative estimate of drug-likeness (QED) is 0.174. The van der Waals surface area contributed by atoms with Gasteiger partial charge in [0, 0.05) is 11.1 Å². The molecular weight excluding hydrogens is 396 g/mol. The van der Waals surface area contributed by atoms with Crippen LogP contribution in [0.4, 0.5) is 0 Å². The third-order valence-corrected chi connectivity index (χ3v) is 7.65. The minimum absolute atomic E-state index is 0.374. The minimum Gasteiger partial charge on any atom is -0.0836 e. The predicted molar refractivity (Wildman–Crippen MR) is 131 cm³/mol. The molecule has 1 nitrogen and oxygen atoms in total. The lowest BCUT2D eigenvalue weighted by atomic mass is 9.98. The molecule has 2 heteroatoms. The molecule has 0 N–H and O–H groups in total. The molecule has 1 unspecified atom stereocenters. The van der Waals surface area contributed by atoms with Crippen molar-refractivity contribution in [3.05, 3.63) is 126 Å². The number of rotatable bonds is 3. The van der Waals surface area contributed by atoms with E-state index in [1.807, 2.05) is 84.9 Å². The number of hydrogen-bond donors (Lipinski definition) is 0. The summed E-state index contributed by atoms with van der Waals surface area (Å²) in [7, 11) is -2.66. The minimum atomic E-state index is -2.66. The Morgan fingerprint density at radius 1 is 0.613 bits per heavy atom. The van der Waals surface area contributed by atoms with Crippen molar-refractivity contribution in [2.24, 2.45) is 0 Å². The molecule has 5 aromatic rings. The molecule has 0 spiro atoms. The van der Waals surface area contributed by atoms with E-state index in [0.717, 1.165) is 37.6 Å². The Morgan fingerprint density at radius 2 is 1.13 bits per heavy atom. The van der Waals surface area contributed by atoms with Crippen LogP contribution >= 0.6 is 0 Å². The van der Waals surface area contributed by atoms with Gasteiger partial charge in [0.15, 0.2) is 25.8 Å². The van der Waals surface area contributed by atoms with Gasteiger partial charge in [-0.1, -0.05) is 89.1 Å². The highest BCUT2D eigenvalue weighted by atomic mass is 32.2. The Morgan fingerprint density at radius 3 is 1.74 bits per heavy atom. The van der Waals surface area contributed by atoms with Gasteiger partial charge in [-0.2, -0.15) is 0 Å². The Labute approximate surface area is 183 Å². The number of hydrogen-bond acceptors (Lipinski definition) is 1. The zero-order valence-corrected chi connectivity index (χ0v) is 17.8. The van der Waals surface area contributed by atoms with Crippen molar-refractivity contribution < 1.29 is 4.21 Å². The third kappa shape index (κ3) is 3.89. The van der Waals surface area contributed by atoms with Crippen LogP contribution in [-0.4, -0.2) is 0 Å². The van der Waals surface area contributed by atoms with Crippen LogP contribution in [-0.2, 0) is 19.9 Å². The Hall–Kier alpha value is -3.67. The molecule has 0 fully saturated rings. The van der Waals surface area contributed by atoms with Crippen LogP contribution in [0.5, 0.6) is 0 Å². The average molecular weight is 418 g/mol. The first-order valence-corrected chi connectivity index (χ1v) is 12.0. The highest BCUT2D eigenvalue weighted by Gasteiger charge is 2.32. The first kappa shape index (κ1) is 19.3. The number of fused-ring (bicyclic) bond motifs is 2. The van der Waals surface area contributed by atoms with E-state index < -0.39 is 9.93 Å². The smallest absolute Gasteiger partial charge is 0.0836 e. The lowest BCUT2D eigenvalue weighted by Crippen LogP contribution is -2.12. The van der Waals surface area contributed by atoms with Crippen LogP contribution in [0.1, 0.15) is 11.1 Å². The molecule has 0 aromatic heterocycles. The second kappa shape index (κ2) is 8.22. The fourth-order valence-electron chi connectivity index (χ4n) is 3.95. The van der Waals surface area contributed by atoms with Gasteiger partial charge in [0.2, 0.25) is 0 Å². The zero-order chi connectivity index (χ0) is 21.1. The lowest BCUT2D eigenvalue weighted by molar-refractivity contribution is 0.590. The van der Waals surface area contributed by atoms with E-state index >= 15 is 0 Å². The molecule has 0 aliphatic heterocycles. The second-order valence-electron chi connectivity index (χ2n) is 7.52. The summed E-state index contributed by atoms with van der Waals surface area (Å²) in [5, 5.41) is 7.76. The van der Waals surface area contributed by atoms with Crippen LogP contribution in [0, 0.1) is 11.2 Å². The van der Waals surface area contributed by atoms with E-state index in [4.69, 9.17) is 0 Å². The largest absolute Gasteiger partial charge is 0.197 e. The van der Waals surface area contributed by atoms with Crippen molar-refractivity contribution >= 4 is 31.5 Å². The molecule has 148 valence electrons. The van der Waals surface area contributed by atoms with Crippen molar-refractivity contribution in [1.29, 1.82) is 0 Å². The summed E-state index contributed by atoms with van der Waals surface area (Å²) in [6.45, 7) is 0. The van der Waals surface area contributed by atoms with Crippen LogP contribution in [0.25, 0.3) is 21.5 Å². The summed E-state index contributed by atoms with van der Waals surface area (Å²) >= 11 is 0. The molecule has 0 amide bonds. The Balaban J connectivity index is 1.73.